The van der Waals surface area contributed by atoms with Crippen molar-refractivity contribution in [3.05, 3.63) is 66.6 Å². The number of benzene rings is 2. The fourth-order valence-corrected chi connectivity index (χ4v) is 2.55. The van der Waals surface area contributed by atoms with E-state index in [9.17, 15) is 4.79 Å². The normalized spacial score (nSPS) is 10.8. The molecule has 0 saturated carbocycles. The number of aryl methyl sites for hydroxylation is 1. The smallest absolute Gasteiger partial charge is 0.335 e. The van der Waals surface area contributed by atoms with Crippen LogP contribution in [0.15, 0.2) is 61.1 Å². The molecule has 0 aliphatic rings. The number of ether oxygens (including phenoxy) is 1. The van der Waals surface area contributed by atoms with Crippen molar-refractivity contribution in [2.24, 2.45) is 7.05 Å². The Morgan fingerprint density at radius 3 is 2.50 bits per heavy atom. The predicted molar refractivity (Wildman–Crippen MR) is 95.2 cm³/mol. The number of hydrogen-bond acceptors (Lipinski definition) is 5. The van der Waals surface area contributed by atoms with Crippen molar-refractivity contribution in [2.75, 3.05) is 0 Å². The maximum Gasteiger partial charge on any atom is 0.335 e. The summed E-state index contributed by atoms with van der Waals surface area (Å²) in [4.78, 5) is 20.0. The maximum absolute atomic E-state index is 10.9. The summed E-state index contributed by atoms with van der Waals surface area (Å²) in [6.07, 6.45) is 5.32. The molecule has 0 bridgehead atoms. The fraction of sp³-hybridized carbons (Fsp3) is 0.0526. The number of rotatable bonds is 4. The molecule has 0 spiro atoms. The zero-order valence-electron chi connectivity index (χ0n) is 13.8. The highest BCUT2D eigenvalue weighted by Crippen LogP contribution is 2.26. The van der Waals surface area contributed by atoms with Crippen molar-refractivity contribution in [1.29, 1.82) is 0 Å². The molecule has 2 aromatic carbocycles. The highest BCUT2D eigenvalue weighted by molar-refractivity contribution is 5.87. The fourth-order valence-electron chi connectivity index (χ4n) is 2.55. The zero-order valence-corrected chi connectivity index (χ0v) is 13.8. The van der Waals surface area contributed by atoms with E-state index in [1.807, 2.05) is 19.3 Å². The quantitative estimate of drug-likeness (QED) is 0.608. The third-order valence-electron chi connectivity index (χ3n) is 3.85. The summed E-state index contributed by atoms with van der Waals surface area (Å²) in [6.45, 7) is 0. The summed E-state index contributed by atoms with van der Waals surface area (Å²) in [7, 11) is 1.85. The summed E-state index contributed by atoms with van der Waals surface area (Å²) in [6, 6.07) is 11.7. The van der Waals surface area contributed by atoms with Gasteiger partial charge >= 0.3 is 5.97 Å². The molecule has 128 valence electrons. The van der Waals surface area contributed by atoms with Gasteiger partial charge in [-0.1, -0.05) is 0 Å². The highest BCUT2D eigenvalue weighted by Gasteiger charge is 2.07. The molecule has 0 radical (unpaired) electrons. The predicted octanol–water partition coefficient (Wildman–Crippen LogP) is 3.52. The average molecular weight is 346 g/mol. The molecule has 0 atom stereocenters. The Bertz CT molecular complexity index is 1100. The van der Waals surface area contributed by atoms with Gasteiger partial charge < -0.3 is 9.84 Å². The number of carboxylic acids is 1. The van der Waals surface area contributed by atoms with Gasteiger partial charge in [-0.25, -0.2) is 9.78 Å². The van der Waals surface area contributed by atoms with E-state index in [1.165, 1.54) is 12.1 Å². The van der Waals surface area contributed by atoms with Crippen LogP contribution in [-0.4, -0.2) is 30.8 Å². The topological polar surface area (TPSA) is 90.1 Å². The van der Waals surface area contributed by atoms with Gasteiger partial charge in [-0.2, -0.15) is 5.10 Å². The third kappa shape index (κ3) is 3.10. The lowest BCUT2D eigenvalue weighted by molar-refractivity contribution is 0.0697. The van der Waals surface area contributed by atoms with Crippen LogP contribution < -0.4 is 4.74 Å². The van der Waals surface area contributed by atoms with Gasteiger partial charge in [0.05, 0.1) is 34.7 Å². The monoisotopic (exact) mass is 346 g/mol. The summed E-state index contributed by atoms with van der Waals surface area (Å²) in [5.41, 5.74) is 3.28. The van der Waals surface area contributed by atoms with Crippen LogP contribution in [0.4, 0.5) is 0 Å². The minimum absolute atomic E-state index is 0.211. The molecule has 26 heavy (non-hydrogen) atoms. The van der Waals surface area contributed by atoms with E-state index in [0.29, 0.717) is 17.0 Å². The van der Waals surface area contributed by atoms with Crippen molar-refractivity contribution >= 4 is 17.0 Å². The van der Waals surface area contributed by atoms with E-state index < -0.39 is 5.97 Å². The van der Waals surface area contributed by atoms with Gasteiger partial charge in [0.1, 0.15) is 11.5 Å². The number of aromatic carboxylic acids is 1. The first-order chi connectivity index (χ1) is 12.6. The number of fused-ring (bicyclic) bond motifs is 1. The van der Waals surface area contributed by atoms with Crippen molar-refractivity contribution in [1.82, 2.24) is 19.7 Å². The molecule has 2 aromatic heterocycles. The SMILES string of the molecule is Cn1cc(-c2cnc3ccc(Oc4ccc(C(=O)O)cc4)cc3n2)cn1. The second kappa shape index (κ2) is 6.29. The van der Waals surface area contributed by atoms with E-state index in [-0.39, 0.29) is 5.56 Å². The maximum atomic E-state index is 10.9. The number of nitrogens with zero attached hydrogens (tertiary/aromatic N) is 4. The van der Waals surface area contributed by atoms with Gasteiger partial charge in [0.25, 0.3) is 0 Å². The van der Waals surface area contributed by atoms with Gasteiger partial charge in [-0.15, -0.1) is 0 Å². The average Bonchev–Trinajstić information content (AvgIpc) is 3.08. The Kier molecular flexibility index (Phi) is 3.81. The lowest BCUT2D eigenvalue weighted by atomic mass is 10.2. The van der Waals surface area contributed by atoms with Gasteiger partial charge in [-0.05, 0) is 36.4 Å². The molecule has 0 saturated heterocycles. The molecule has 4 aromatic rings. The van der Waals surface area contributed by atoms with Gasteiger partial charge in [0, 0.05) is 24.9 Å². The van der Waals surface area contributed by atoms with Crippen LogP contribution in [0.1, 0.15) is 10.4 Å². The third-order valence-corrected chi connectivity index (χ3v) is 3.85. The molecule has 0 fully saturated rings. The number of hydrogen-bond donors (Lipinski definition) is 1. The van der Waals surface area contributed by atoms with E-state index in [4.69, 9.17) is 9.84 Å². The van der Waals surface area contributed by atoms with E-state index >= 15 is 0 Å². The number of aromatic nitrogens is 4. The lowest BCUT2D eigenvalue weighted by Crippen LogP contribution is -1.95. The van der Waals surface area contributed by atoms with E-state index in [1.54, 1.807) is 41.3 Å². The lowest BCUT2D eigenvalue weighted by Gasteiger charge is -2.07. The first kappa shape index (κ1) is 15.8. The van der Waals surface area contributed by atoms with Gasteiger partial charge in [-0.3, -0.25) is 9.67 Å². The summed E-state index contributed by atoms with van der Waals surface area (Å²) >= 11 is 0. The van der Waals surface area contributed by atoms with Gasteiger partial charge in [0.2, 0.25) is 0 Å². The first-order valence-corrected chi connectivity index (χ1v) is 7.85. The van der Waals surface area contributed by atoms with E-state index in [2.05, 4.69) is 15.1 Å². The Morgan fingerprint density at radius 1 is 1.04 bits per heavy atom. The van der Waals surface area contributed by atoms with Crippen LogP contribution in [-0.2, 0) is 7.05 Å². The second-order valence-electron chi connectivity index (χ2n) is 5.74. The van der Waals surface area contributed by atoms with Crippen molar-refractivity contribution in [3.63, 3.8) is 0 Å². The molecule has 0 amide bonds. The minimum Gasteiger partial charge on any atom is -0.478 e. The summed E-state index contributed by atoms with van der Waals surface area (Å²) in [5, 5.41) is 13.1. The van der Waals surface area contributed by atoms with Crippen LogP contribution in [0.25, 0.3) is 22.3 Å². The van der Waals surface area contributed by atoms with Crippen LogP contribution in [0.2, 0.25) is 0 Å². The largest absolute Gasteiger partial charge is 0.478 e. The van der Waals surface area contributed by atoms with Crippen LogP contribution >= 0.6 is 0 Å². The standard InChI is InChI=1S/C19H14N4O3/c1-23-11-13(9-21-23)18-10-20-16-7-6-15(8-17(16)22-18)26-14-4-2-12(3-5-14)19(24)25/h2-11H,1H3,(H,24,25). The molecule has 0 aliphatic heterocycles. The van der Waals surface area contributed by atoms with Crippen molar-refractivity contribution in [3.8, 4) is 22.8 Å². The molecule has 0 unspecified atom stereocenters. The summed E-state index contributed by atoms with van der Waals surface area (Å²) < 4.78 is 7.50. The van der Waals surface area contributed by atoms with Gasteiger partial charge in [0.15, 0.2) is 0 Å². The highest BCUT2D eigenvalue weighted by atomic mass is 16.5. The molecule has 7 heteroatoms. The molecule has 4 rings (SSSR count). The van der Waals surface area contributed by atoms with Crippen LogP contribution in [0.5, 0.6) is 11.5 Å². The Labute approximate surface area is 148 Å². The van der Waals surface area contributed by atoms with E-state index in [0.717, 1.165) is 16.8 Å². The molecule has 2 heterocycles. The summed E-state index contributed by atoms with van der Waals surface area (Å²) in [5.74, 6) is 0.171. The molecular weight excluding hydrogens is 332 g/mol. The van der Waals surface area contributed by atoms with Crippen molar-refractivity contribution < 1.29 is 14.6 Å². The Morgan fingerprint density at radius 2 is 1.81 bits per heavy atom. The van der Waals surface area contributed by atoms with Crippen LogP contribution in [0, 0.1) is 0 Å². The molecular formula is C19H14N4O3. The number of carbonyl (C=O) groups is 1. The van der Waals surface area contributed by atoms with Crippen molar-refractivity contribution in [2.45, 2.75) is 0 Å². The first-order valence-electron chi connectivity index (χ1n) is 7.85. The second-order valence-corrected chi connectivity index (χ2v) is 5.74. The van der Waals surface area contributed by atoms with Crippen LogP contribution in [0.3, 0.4) is 0 Å². The minimum atomic E-state index is -0.972. The number of carboxylic acid groups (broad SMARTS) is 1. The Balaban J connectivity index is 1.64. The Hall–Kier alpha value is -3.74. The zero-order chi connectivity index (χ0) is 18.1. The molecule has 1 N–H and O–H groups in total. The molecule has 7 nitrogen and oxygen atoms in total. The molecule has 0 aliphatic carbocycles.